The molecule has 1 nitrogen and oxygen atoms in total. The largest absolute Gasteiger partial charge is 0.166 e. The predicted molar refractivity (Wildman–Crippen MR) is 12.8 cm³/mol. The summed E-state index contributed by atoms with van der Waals surface area (Å²) < 4.78 is 3.19. The van der Waals surface area contributed by atoms with Crippen LogP contribution in [0.15, 0.2) is 0 Å². The smallest absolute Gasteiger partial charge is 0.0832 e. The van der Waals surface area contributed by atoms with Crippen molar-refractivity contribution in [1.29, 1.82) is 0 Å². The molecule has 0 spiro atoms. The molecule has 0 aliphatic carbocycles. The third-order valence-electron chi connectivity index (χ3n) is 0. The van der Waals surface area contributed by atoms with Crippen LogP contribution in [-0.4, -0.2) is 0 Å². The molecule has 0 fully saturated rings. The summed E-state index contributed by atoms with van der Waals surface area (Å²) >= 11 is 8.53. The summed E-state index contributed by atoms with van der Waals surface area (Å²) in [6, 6.07) is 0. The van der Waals surface area contributed by atoms with Gasteiger partial charge in [-0.25, -0.2) is 0 Å². The molecule has 0 atom stereocenters. The van der Waals surface area contributed by atoms with Crippen molar-refractivity contribution < 1.29 is 46.0 Å². The summed E-state index contributed by atoms with van der Waals surface area (Å²) in [5, 5.41) is 0. The Morgan fingerprint density at radius 2 is 1.00 bits per heavy atom. The third-order valence-corrected chi connectivity index (χ3v) is 0. The molecule has 0 aliphatic heterocycles. The van der Waals surface area contributed by atoms with Gasteiger partial charge in [-0.2, -0.15) is 3.84 Å². The first-order chi connectivity index (χ1) is 1.41. The fourth-order valence-electron chi connectivity index (χ4n) is 0. The Kier molecular flexibility index (Phi) is 53.1. The Labute approximate surface area is 69.2 Å². The monoisotopic (exact) mass is 454 g/mol. The second kappa shape index (κ2) is 16.8. The van der Waals surface area contributed by atoms with E-state index >= 15 is 0 Å². The van der Waals surface area contributed by atoms with Crippen LogP contribution in [0, 0.1) is 0 Å². The Hall–Kier alpha value is 1.92. The Balaban J connectivity index is -0.0000000200. The minimum atomic E-state index is 0. The molecule has 32 valence electrons. The Morgan fingerprint density at radius 1 is 1.00 bits per heavy atom. The van der Waals surface area contributed by atoms with Gasteiger partial charge in [-0.05, 0) is 0 Å². The molecular weight excluding hydrogens is 455 g/mol. The van der Waals surface area contributed by atoms with Crippen LogP contribution in [0.2, 0.25) is 0 Å². The van der Waals surface area contributed by atoms with Crippen LogP contribution >= 0.6 is 23.7 Å². The van der Waals surface area contributed by atoms with Crippen LogP contribution < -0.4 is 0 Å². The van der Waals surface area contributed by atoms with E-state index in [0.717, 1.165) is 0 Å². The van der Waals surface area contributed by atoms with Gasteiger partial charge in [-0.1, -0.05) is 0 Å². The predicted octanol–water partition coefficient (Wildman–Crippen LogP) is 1.31. The van der Waals surface area contributed by atoms with Crippen LogP contribution in [-0.2, 0) is 46.0 Å². The third kappa shape index (κ3) is 24.7. The first-order valence-corrected chi connectivity index (χ1v) is 0.926. The molecule has 0 aromatic heterocycles. The molecule has 5 heavy (non-hydrogen) atoms. The van der Waals surface area contributed by atoms with Crippen LogP contribution in [0.1, 0.15) is 0 Å². The first kappa shape index (κ1) is 15.8. The van der Waals surface area contributed by atoms with Gasteiger partial charge >= 0.3 is 0 Å². The molecule has 0 aromatic carbocycles. The van der Waals surface area contributed by atoms with Crippen molar-refractivity contribution in [2.24, 2.45) is 0 Å². The van der Waals surface area contributed by atoms with Gasteiger partial charge in [0, 0.05) is 42.1 Å². The molecule has 5 heteroatoms. The molecule has 0 amide bonds. The summed E-state index contributed by atoms with van der Waals surface area (Å²) in [4.78, 5) is 0. The van der Waals surface area contributed by atoms with Crippen LogP contribution in [0.4, 0.5) is 0 Å². The maximum atomic E-state index is 4.26. The van der Waals surface area contributed by atoms with Gasteiger partial charge in [0.15, 0.2) is 0 Å². The van der Waals surface area contributed by atoms with Crippen molar-refractivity contribution in [2.75, 3.05) is 0 Å². The quantitative estimate of drug-likeness (QED) is 0.536. The van der Waals surface area contributed by atoms with Crippen molar-refractivity contribution in [3.8, 4) is 0 Å². The number of hydrogen-bond donors (Lipinski definition) is 0. The molecule has 0 saturated carbocycles. The molecule has 0 aromatic rings. The maximum Gasteiger partial charge on any atom is 0.0832 e. The van der Waals surface area contributed by atoms with Gasteiger partial charge in [-0.3, -0.25) is 0 Å². The SMILES string of the molecule is ClOCl.[W].[W]. The fourth-order valence-corrected chi connectivity index (χ4v) is 0. The summed E-state index contributed by atoms with van der Waals surface area (Å²) in [6.07, 6.45) is 0. The van der Waals surface area contributed by atoms with E-state index in [9.17, 15) is 0 Å². The normalized spacial score (nSPS) is 3.60. The van der Waals surface area contributed by atoms with E-state index in [1.165, 1.54) is 0 Å². The molecule has 0 N–H and O–H groups in total. The standard InChI is InChI=1S/Cl2O.2W/c1-3-2;;. The second-order valence-corrected chi connectivity index (χ2v) is 0.525. The molecular formula is Cl2OW2. The molecule has 0 saturated heterocycles. The van der Waals surface area contributed by atoms with Crippen molar-refractivity contribution in [3.63, 3.8) is 0 Å². The van der Waals surface area contributed by atoms with E-state index in [0.29, 0.717) is 0 Å². The van der Waals surface area contributed by atoms with Crippen molar-refractivity contribution in [2.45, 2.75) is 0 Å². The number of hydrogen-bond acceptors (Lipinski definition) is 1. The molecule has 0 heterocycles. The minimum Gasteiger partial charge on any atom is -0.166 e. The number of halogens is 2. The first-order valence-electron chi connectivity index (χ1n) is 0.309. The average molecular weight is 455 g/mol. The van der Waals surface area contributed by atoms with Crippen molar-refractivity contribution in [1.82, 2.24) is 0 Å². The van der Waals surface area contributed by atoms with Gasteiger partial charge in [0.1, 0.15) is 0 Å². The zero-order valence-electron chi connectivity index (χ0n) is 1.98. The van der Waals surface area contributed by atoms with E-state index in [4.69, 9.17) is 0 Å². The molecule has 0 bridgehead atoms. The summed E-state index contributed by atoms with van der Waals surface area (Å²) in [5.74, 6) is 0. The molecule has 0 aliphatic rings. The molecule has 0 unspecified atom stereocenters. The fraction of sp³-hybridized carbons (Fsp3) is 0. The van der Waals surface area contributed by atoms with Gasteiger partial charge < -0.3 is 0 Å². The summed E-state index contributed by atoms with van der Waals surface area (Å²) in [5.41, 5.74) is 0. The summed E-state index contributed by atoms with van der Waals surface area (Å²) in [7, 11) is 0. The van der Waals surface area contributed by atoms with E-state index in [1.807, 2.05) is 0 Å². The van der Waals surface area contributed by atoms with E-state index in [1.54, 1.807) is 0 Å². The minimum absolute atomic E-state index is 0. The molecule has 0 radical (unpaired) electrons. The Morgan fingerprint density at radius 3 is 1.00 bits per heavy atom. The second-order valence-electron chi connectivity index (χ2n) is 0.0583. The van der Waals surface area contributed by atoms with Crippen LogP contribution in [0.25, 0.3) is 0 Å². The number of rotatable bonds is 0. The van der Waals surface area contributed by atoms with E-state index in [-0.39, 0.29) is 42.1 Å². The average Bonchev–Trinajstić information content (AvgIpc) is 0.918. The zero-order valence-corrected chi connectivity index (χ0v) is 9.36. The van der Waals surface area contributed by atoms with Gasteiger partial charge in [0.05, 0.1) is 23.7 Å². The van der Waals surface area contributed by atoms with Crippen molar-refractivity contribution in [3.05, 3.63) is 0 Å². The van der Waals surface area contributed by atoms with Gasteiger partial charge in [0.2, 0.25) is 0 Å². The van der Waals surface area contributed by atoms with Crippen molar-refractivity contribution >= 4 is 23.7 Å². The zero-order chi connectivity index (χ0) is 2.71. The molecule has 0 rings (SSSR count). The van der Waals surface area contributed by atoms with E-state index in [2.05, 4.69) is 27.6 Å². The van der Waals surface area contributed by atoms with Gasteiger partial charge in [0.25, 0.3) is 0 Å². The summed E-state index contributed by atoms with van der Waals surface area (Å²) in [6.45, 7) is 0. The van der Waals surface area contributed by atoms with E-state index < -0.39 is 0 Å². The Bertz CT molecular complexity index is 7.61. The topological polar surface area (TPSA) is 9.23 Å². The maximum absolute atomic E-state index is 4.26. The van der Waals surface area contributed by atoms with Crippen LogP contribution in [0.3, 0.4) is 0 Å². The van der Waals surface area contributed by atoms with Crippen LogP contribution in [0.5, 0.6) is 0 Å². The van der Waals surface area contributed by atoms with Gasteiger partial charge in [-0.15, -0.1) is 0 Å².